The maximum Gasteiger partial charge on any atom is 0.315 e. The van der Waals surface area contributed by atoms with Crippen LogP contribution < -0.4 is 15.4 Å². The van der Waals surface area contributed by atoms with E-state index in [0.29, 0.717) is 24.7 Å². The Labute approximate surface area is 140 Å². The number of aromatic nitrogens is 2. The largest absolute Gasteiger partial charge is 0.493 e. The van der Waals surface area contributed by atoms with Gasteiger partial charge in [-0.15, -0.1) is 0 Å². The molecule has 0 saturated carbocycles. The molecule has 128 valence electrons. The molecule has 0 unspecified atom stereocenters. The molecule has 7 nitrogen and oxygen atoms in total. The summed E-state index contributed by atoms with van der Waals surface area (Å²) in [4.78, 5) is 16.5. The van der Waals surface area contributed by atoms with Crippen LogP contribution in [0.5, 0.6) is 5.75 Å². The molecule has 7 heteroatoms. The average Bonchev–Trinajstić information content (AvgIpc) is 3.18. The molecule has 2 amide bonds. The molecule has 1 aromatic carbocycles. The minimum atomic E-state index is -0.276. The number of rotatable bonds is 5. The highest BCUT2D eigenvalue weighted by Crippen LogP contribution is 2.35. The first-order valence-corrected chi connectivity index (χ1v) is 8.17. The summed E-state index contributed by atoms with van der Waals surface area (Å²) in [5.41, 5.74) is 1.13. The molecule has 0 spiro atoms. The molecule has 2 heterocycles. The number of ether oxygens (including phenoxy) is 1. The average molecular weight is 330 g/mol. The number of benzene rings is 1. The fourth-order valence-corrected chi connectivity index (χ4v) is 2.91. The van der Waals surface area contributed by atoms with E-state index in [4.69, 9.17) is 9.26 Å². The fraction of sp³-hybridized carbons (Fsp3) is 0.471. The first-order chi connectivity index (χ1) is 11.6. The molecule has 3 rings (SSSR count). The summed E-state index contributed by atoms with van der Waals surface area (Å²) in [5, 5.41) is 9.76. The molecule has 1 aliphatic rings. The van der Waals surface area contributed by atoms with E-state index < -0.39 is 0 Å². The zero-order chi connectivity index (χ0) is 17.1. The van der Waals surface area contributed by atoms with Crippen molar-refractivity contribution >= 4 is 6.03 Å². The Bertz CT molecular complexity index is 715. The summed E-state index contributed by atoms with van der Waals surface area (Å²) in [6.07, 6.45) is 0.677. The Morgan fingerprint density at radius 3 is 2.88 bits per heavy atom. The Kier molecular flexibility index (Phi) is 4.69. The highest BCUT2D eigenvalue weighted by Gasteiger charge is 2.30. The predicted octanol–water partition coefficient (Wildman–Crippen LogP) is 2.69. The van der Waals surface area contributed by atoms with E-state index in [1.807, 2.05) is 38.1 Å². The standard InChI is InChI=1S/C17H22N4O3/c1-4-14(16-19-11(3)24-21-16)20-17(22)18-10(2)13-9-23-15-8-6-5-7-12(13)15/h5-8,10,13-14H,4,9H2,1-3H3,(H2,18,20,22)/t10-,13+,14-/m0/s1. The molecular weight excluding hydrogens is 308 g/mol. The van der Waals surface area contributed by atoms with Gasteiger partial charge in [0.05, 0.1) is 12.6 Å². The van der Waals surface area contributed by atoms with Gasteiger partial charge in [0.15, 0.2) is 5.82 Å². The van der Waals surface area contributed by atoms with Crippen LogP contribution >= 0.6 is 0 Å². The first kappa shape index (κ1) is 16.3. The van der Waals surface area contributed by atoms with Crippen molar-refractivity contribution in [2.24, 2.45) is 0 Å². The fourth-order valence-electron chi connectivity index (χ4n) is 2.91. The van der Waals surface area contributed by atoms with Crippen molar-refractivity contribution in [2.45, 2.75) is 45.2 Å². The van der Waals surface area contributed by atoms with Crippen molar-refractivity contribution in [1.29, 1.82) is 0 Å². The Morgan fingerprint density at radius 1 is 1.38 bits per heavy atom. The molecule has 0 radical (unpaired) electrons. The number of hydrogen-bond acceptors (Lipinski definition) is 5. The highest BCUT2D eigenvalue weighted by molar-refractivity contribution is 5.74. The molecule has 0 aliphatic carbocycles. The quantitative estimate of drug-likeness (QED) is 0.880. The lowest BCUT2D eigenvalue weighted by Crippen LogP contribution is -2.45. The number of nitrogens with zero attached hydrogens (tertiary/aromatic N) is 2. The summed E-state index contributed by atoms with van der Waals surface area (Å²) in [5.74, 6) is 2.01. The first-order valence-electron chi connectivity index (χ1n) is 8.17. The van der Waals surface area contributed by atoms with Crippen LogP contribution in [0.2, 0.25) is 0 Å². The Balaban J connectivity index is 1.60. The number of urea groups is 1. The van der Waals surface area contributed by atoms with Gasteiger partial charge in [0.25, 0.3) is 0 Å². The SMILES string of the molecule is CC[C@H](NC(=O)N[C@@H](C)[C@H]1COc2ccccc21)c1noc(C)n1. The van der Waals surface area contributed by atoms with Crippen LogP contribution in [-0.2, 0) is 0 Å². The van der Waals surface area contributed by atoms with Crippen LogP contribution in [0.15, 0.2) is 28.8 Å². The van der Waals surface area contributed by atoms with E-state index in [1.54, 1.807) is 6.92 Å². The van der Waals surface area contributed by atoms with Crippen molar-refractivity contribution in [2.75, 3.05) is 6.61 Å². The van der Waals surface area contributed by atoms with Gasteiger partial charge in [-0.25, -0.2) is 4.79 Å². The van der Waals surface area contributed by atoms with Crippen molar-refractivity contribution in [3.05, 3.63) is 41.5 Å². The molecular formula is C17H22N4O3. The maximum absolute atomic E-state index is 12.3. The number of carbonyl (C=O) groups is 1. The van der Waals surface area contributed by atoms with Gasteiger partial charge in [0, 0.05) is 24.4 Å². The van der Waals surface area contributed by atoms with Crippen LogP contribution in [0, 0.1) is 6.92 Å². The van der Waals surface area contributed by atoms with Gasteiger partial charge in [-0.3, -0.25) is 0 Å². The number of aryl methyl sites for hydroxylation is 1. The van der Waals surface area contributed by atoms with Gasteiger partial charge in [-0.05, 0) is 19.4 Å². The molecule has 0 saturated heterocycles. The third-order valence-electron chi connectivity index (χ3n) is 4.27. The van der Waals surface area contributed by atoms with Gasteiger partial charge in [-0.2, -0.15) is 4.98 Å². The normalized spacial score (nSPS) is 18.4. The number of hydrogen-bond donors (Lipinski definition) is 2. The Hall–Kier alpha value is -2.57. The summed E-state index contributed by atoms with van der Waals surface area (Å²) in [7, 11) is 0. The molecule has 0 bridgehead atoms. The predicted molar refractivity (Wildman–Crippen MR) is 87.9 cm³/mol. The Morgan fingerprint density at radius 2 is 2.17 bits per heavy atom. The summed E-state index contributed by atoms with van der Waals surface area (Å²) < 4.78 is 10.7. The van der Waals surface area contributed by atoms with E-state index in [9.17, 15) is 4.79 Å². The van der Waals surface area contributed by atoms with E-state index >= 15 is 0 Å². The van der Waals surface area contributed by atoms with Crippen LogP contribution in [0.3, 0.4) is 0 Å². The minimum absolute atomic E-state index is 0.0573. The molecule has 0 fully saturated rings. The molecule has 2 N–H and O–H groups in total. The molecule has 24 heavy (non-hydrogen) atoms. The van der Waals surface area contributed by atoms with Crippen LogP contribution in [0.4, 0.5) is 4.79 Å². The van der Waals surface area contributed by atoms with Crippen molar-refractivity contribution in [3.63, 3.8) is 0 Å². The minimum Gasteiger partial charge on any atom is -0.493 e. The van der Waals surface area contributed by atoms with Crippen LogP contribution in [0.1, 0.15) is 49.5 Å². The van der Waals surface area contributed by atoms with E-state index in [-0.39, 0.29) is 24.0 Å². The number of amides is 2. The second-order valence-electron chi connectivity index (χ2n) is 5.99. The molecule has 1 aliphatic heterocycles. The second-order valence-corrected chi connectivity index (χ2v) is 5.99. The van der Waals surface area contributed by atoms with Gasteiger partial charge in [-0.1, -0.05) is 30.3 Å². The monoisotopic (exact) mass is 330 g/mol. The number of nitrogens with one attached hydrogen (secondary N) is 2. The summed E-state index contributed by atoms with van der Waals surface area (Å²) in [6, 6.07) is 7.35. The highest BCUT2D eigenvalue weighted by atomic mass is 16.5. The lowest BCUT2D eigenvalue weighted by molar-refractivity contribution is 0.228. The van der Waals surface area contributed by atoms with Crippen molar-refractivity contribution in [1.82, 2.24) is 20.8 Å². The van der Waals surface area contributed by atoms with Crippen LogP contribution in [-0.4, -0.2) is 28.8 Å². The number of para-hydroxylation sites is 1. The van der Waals surface area contributed by atoms with E-state index in [1.165, 1.54) is 0 Å². The third kappa shape index (κ3) is 3.34. The van der Waals surface area contributed by atoms with Gasteiger partial charge in [0.2, 0.25) is 5.89 Å². The number of carbonyl (C=O) groups excluding carboxylic acids is 1. The lowest BCUT2D eigenvalue weighted by Gasteiger charge is -2.22. The van der Waals surface area contributed by atoms with Crippen molar-refractivity contribution < 1.29 is 14.1 Å². The zero-order valence-corrected chi connectivity index (χ0v) is 14.1. The molecule has 1 aromatic heterocycles. The van der Waals surface area contributed by atoms with Gasteiger partial charge in [0.1, 0.15) is 5.75 Å². The molecule has 2 aromatic rings. The van der Waals surface area contributed by atoms with E-state index in [2.05, 4.69) is 20.8 Å². The second kappa shape index (κ2) is 6.90. The summed E-state index contributed by atoms with van der Waals surface area (Å²) >= 11 is 0. The van der Waals surface area contributed by atoms with Gasteiger partial charge >= 0.3 is 6.03 Å². The van der Waals surface area contributed by atoms with Gasteiger partial charge < -0.3 is 19.9 Å². The number of fused-ring (bicyclic) bond motifs is 1. The molecule has 3 atom stereocenters. The smallest absolute Gasteiger partial charge is 0.315 e. The topological polar surface area (TPSA) is 89.3 Å². The third-order valence-corrected chi connectivity index (χ3v) is 4.27. The van der Waals surface area contributed by atoms with E-state index in [0.717, 1.165) is 11.3 Å². The van der Waals surface area contributed by atoms with Crippen LogP contribution in [0.25, 0.3) is 0 Å². The lowest BCUT2D eigenvalue weighted by atomic mass is 9.94. The maximum atomic E-state index is 12.3. The zero-order valence-electron chi connectivity index (χ0n) is 14.1. The summed E-state index contributed by atoms with van der Waals surface area (Å²) in [6.45, 7) is 6.24. The van der Waals surface area contributed by atoms with Crippen molar-refractivity contribution in [3.8, 4) is 5.75 Å².